The molecule has 11 heavy (non-hydrogen) atoms. The van der Waals surface area contributed by atoms with Gasteiger partial charge in [-0.15, -0.1) is 0 Å². The minimum atomic E-state index is -0.881. The van der Waals surface area contributed by atoms with Crippen LogP contribution >= 0.6 is 0 Å². The van der Waals surface area contributed by atoms with Crippen molar-refractivity contribution in [3.05, 3.63) is 12.2 Å². The lowest BCUT2D eigenvalue weighted by atomic mass is 10.2. The van der Waals surface area contributed by atoms with Crippen molar-refractivity contribution >= 4 is 5.97 Å². The number of hydrogen-bond donors (Lipinski definition) is 0. The average molecular weight is 158 g/mol. The highest BCUT2D eigenvalue weighted by Crippen LogP contribution is 2.17. The fourth-order valence-electron chi connectivity index (χ4n) is 0.800. The van der Waals surface area contributed by atoms with Crippen LogP contribution in [0.25, 0.3) is 0 Å². The van der Waals surface area contributed by atoms with Crippen LogP contribution in [0.15, 0.2) is 12.2 Å². The van der Waals surface area contributed by atoms with Crippen LogP contribution in [0.3, 0.4) is 0 Å². The molecule has 0 saturated carbocycles. The number of methoxy groups -OCH3 is 2. The first-order valence-electron chi connectivity index (χ1n) is 3.19. The third-order valence-electron chi connectivity index (χ3n) is 1.58. The van der Waals surface area contributed by atoms with Gasteiger partial charge in [-0.2, -0.15) is 0 Å². The Morgan fingerprint density at radius 1 is 1.55 bits per heavy atom. The summed E-state index contributed by atoms with van der Waals surface area (Å²) in [6.45, 7) is 0.106. The van der Waals surface area contributed by atoms with Gasteiger partial charge in [-0.05, 0) is 6.08 Å². The minimum absolute atomic E-state index is 0.106. The van der Waals surface area contributed by atoms with Crippen molar-refractivity contribution in [3.63, 3.8) is 0 Å². The molecule has 0 bridgehead atoms. The first-order chi connectivity index (χ1) is 5.22. The summed E-state index contributed by atoms with van der Waals surface area (Å²) >= 11 is 0. The molecule has 0 aliphatic carbocycles. The van der Waals surface area contributed by atoms with Crippen molar-refractivity contribution in [1.82, 2.24) is 0 Å². The van der Waals surface area contributed by atoms with Gasteiger partial charge in [-0.1, -0.05) is 0 Å². The molecule has 1 rings (SSSR count). The number of carbonyl (C=O) groups excluding carboxylic acids is 1. The van der Waals surface area contributed by atoms with Crippen LogP contribution in [0.5, 0.6) is 0 Å². The average Bonchev–Trinajstić information content (AvgIpc) is 2.07. The van der Waals surface area contributed by atoms with E-state index >= 15 is 0 Å². The van der Waals surface area contributed by atoms with Crippen molar-refractivity contribution in [2.75, 3.05) is 20.8 Å². The van der Waals surface area contributed by atoms with Crippen molar-refractivity contribution in [2.45, 2.75) is 5.79 Å². The molecule has 0 atom stereocenters. The zero-order valence-electron chi connectivity index (χ0n) is 6.49. The van der Waals surface area contributed by atoms with Crippen LogP contribution in [0.4, 0.5) is 0 Å². The summed E-state index contributed by atoms with van der Waals surface area (Å²) < 4.78 is 14.7. The molecule has 4 nitrogen and oxygen atoms in total. The number of rotatable bonds is 2. The van der Waals surface area contributed by atoms with Gasteiger partial charge in [-0.3, -0.25) is 0 Å². The van der Waals surface area contributed by atoms with E-state index in [0.717, 1.165) is 0 Å². The molecule has 0 N–H and O–H groups in total. The number of esters is 1. The summed E-state index contributed by atoms with van der Waals surface area (Å²) in [5, 5.41) is 0. The fourth-order valence-corrected chi connectivity index (χ4v) is 0.800. The monoisotopic (exact) mass is 158 g/mol. The molecule has 0 radical (unpaired) electrons. The molecule has 0 aromatic carbocycles. The van der Waals surface area contributed by atoms with Crippen LogP contribution in [0.2, 0.25) is 0 Å². The Labute approximate surface area is 64.7 Å². The summed E-state index contributed by atoms with van der Waals surface area (Å²) in [6, 6.07) is 0. The van der Waals surface area contributed by atoms with Gasteiger partial charge in [0.15, 0.2) is 0 Å². The third kappa shape index (κ3) is 1.58. The Hall–Kier alpha value is -0.870. The number of carbonyl (C=O) groups is 1. The first-order valence-corrected chi connectivity index (χ1v) is 3.19. The number of ether oxygens (including phenoxy) is 3. The molecule has 62 valence electrons. The quantitative estimate of drug-likeness (QED) is 0.422. The van der Waals surface area contributed by atoms with Crippen LogP contribution < -0.4 is 0 Å². The summed E-state index contributed by atoms with van der Waals surface area (Å²) in [6.07, 6.45) is 2.83. The second-order valence-electron chi connectivity index (χ2n) is 2.16. The highest BCUT2D eigenvalue weighted by atomic mass is 16.7. The predicted molar refractivity (Wildman–Crippen MR) is 36.8 cm³/mol. The lowest BCUT2D eigenvalue weighted by molar-refractivity contribution is -0.208. The second-order valence-corrected chi connectivity index (χ2v) is 2.16. The van der Waals surface area contributed by atoms with Gasteiger partial charge in [0.2, 0.25) is 5.79 Å². The predicted octanol–water partition coefficient (Wildman–Crippen LogP) is 0.0885. The number of hydrogen-bond acceptors (Lipinski definition) is 4. The minimum Gasteiger partial charge on any atom is -0.456 e. The van der Waals surface area contributed by atoms with Gasteiger partial charge in [-0.25, -0.2) is 4.79 Å². The molecular formula is C7H10O4. The SMILES string of the molecule is COC1(OC)C=CC(=O)OC1. The van der Waals surface area contributed by atoms with E-state index in [1.807, 2.05) is 0 Å². The van der Waals surface area contributed by atoms with Crippen molar-refractivity contribution in [3.8, 4) is 0 Å². The highest BCUT2D eigenvalue weighted by molar-refractivity contribution is 5.83. The molecule has 0 unspecified atom stereocenters. The molecule has 0 spiro atoms. The largest absolute Gasteiger partial charge is 0.456 e. The highest BCUT2D eigenvalue weighted by Gasteiger charge is 2.31. The second kappa shape index (κ2) is 3.02. The van der Waals surface area contributed by atoms with E-state index in [1.54, 1.807) is 6.08 Å². The Morgan fingerprint density at radius 3 is 2.55 bits per heavy atom. The normalized spacial score (nSPS) is 21.5. The molecule has 0 aromatic heterocycles. The molecule has 1 aliphatic heterocycles. The zero-order chi connectivity index (χ0) is 8.32. The molecule has 0 amide bonds. The Kier molecular flexibility index (Phi) is 2.26. The van der Waals surface area contributed by atoms with Crippen molar-refractivity contribution < 1.29 is 19.0 Å². The van der Waals surface area contributed by atoms with E-state index in [0.29, 0.717) is 0 Å². The van der Waals surface area contributed by atoms with E-state index in [1.165, 1.54) is 20.3 Å². The summed E-state index contributed by atoms with van der Waals surface area (Å²) in [4.78, 5) is 10.6. The topological polar surface area (TPSA) is 44.8 Å². The zero-order valence-corrected chi connectivity index (χ0v) is 6.49. The first kappa shape index (κ1) is 8.23. The molecular weight excluding hydrogens is 148 g/mol. The molecule has 1 aliphatic rings. The summed E-state index contributed by atoms with van der Waals surface area (Å²) in [7, 11) is 2.99. The lowest BCUT2D eigenvalue weighted by Crippen LogP contribution is -2.40. The van der Waals surface area contributed by atoms with Gasteiger partial charge in [0.1, 0.15) is 6.61 Å². The Morgan fingerprint density at radius 2 is 2.18 bits per heavy atom. The summed E-state index contributed by atoms with van der Waals surface area (Å²) in [5.74, 6) is -1.25. The molecule has 4 heteroatoms. The Bertz CT molecular complexity index is 181. The van der Waals surface area contributed by atoms with Crippen molar-refractivity contribution in [2.24, 2.45) is 0 Å². The maximum absolute atomic E-state index is 10.6. The van der Waals surface area contributed by atoms with E-state index in [-0.39, 0.29) is 12.6 Å². The van der Waals surface area contributed by atoms with Crippen LogP contribution in [-0.2, 0) is 19.0 Å². The lowest BCUT2D eigenvalue weighted by Gasteiger charge is -2.28. The van der Waals surface area contributed by atoms with E-state index in [2.05, 4.69) is 0 Å². The molecule has 1 heterocycles. The van der Waals surface area contributed by atoms with Crippen molar-refractivity contribution in [1.29, 1.82) is 0 Å². The summed E-state index contributed by atoms with van der Waals surface area (Å²) in [5.41, 5.74) is 0. The van der Waals surface area contributed by atoms with Crippen LogP contribution in [0.1, 0.15) is 0 Å². The van der Waals surface area contributed by atoms with Gasteiger partial charge >= 0.3 is 5.97 Å². The third-order valence-corrected chi connectivity index (χ3v) is 1.58. The Balaban J connectivity index is 2.72. The fraction of sp³-hybridized carbons (Fsp3) is 0.571. The van der Waals surface area contributed by atoms with E-state index in [9.17, 15) is 4.79 Å². The van der Waals surface area contributed by atoms with Crippen LogP contribution in [-0.4, -0.2) is 32.6 Å². The molecule has 0 aromatic rings. The van der Waals surface area contributed by atoms with E-state index < -0.39 is 5.79 Å². The standard InChI is InChI=1S/C7H10O4/c1-9-7(10-2)4-3-6(8)11-5-7/h3-4H,5H2,1-2H3. The maximum atomic E-state index is 10.6. The number of cyclic esters (lactones) is 1. The van der Waals surface area contributed by atoms with Gasteiger partial charge in [0.25, 0.3) is 0 Å². The molecule has 0 fully saturated rings. The van der Waals surface area contributed by atoms with Gasteiger partial charge in [0, 0.05) is 20.3 Å². The van der Waals surface area contributed by atoms with E-state index in [4.69, 9.17) is 14.2 Å². The van der Waals surface area contributed by atoms with Crippen LogP contribution in [0, 0.1) is 0 Å². The van der Waals surface area contributed by atoms with Gasteiger partial charge in [0.05, 0.1) is 0 Å². The molecule has 0 saturated heterocycles. The maximum Gasteiger partial charge on any atom is 0.330 e. The van der Waals surface area contributed by atoms with Gasteiger partial charge < -0.3 is 14.2 Å². The smallest absolute Gasteiger partial charge is 0.330 e.